The van der Waals surface area contributed by atoms with Gasteiger partial charge in [0.15, 0.2) is 11.4 Å². The van der Waals surface area contributed by atoms with E-state index < -0.39 is 0 Å². The fourth-order valence-electron chi connectivity index (χ4n) is 4.93. The van der Waals surface area contributed by atoms with Gasteiger partial charge in [0.1, 0.15) is 6.33 Å². The third kappa shape index (κ3) is 3.16. The molecular weight excluding hydrogens is 374 g/mol. The lowest BCUT2D eigenvalue weighted by Crippen LogP contribution is -2.30. The summed E-state index contributed by atoms with van der Waals surface area (Å²) >= 11 is 0. The van der Waals surface area contributed by atoms with E-state index in [0.29, 0.717) is 11.8 Å². The van der Waals surface area contributed by atoms with Gasteiger partial charge in [-0.3, -0.25) is 0 Å². The van der Waals surface area contributed by atoms with Crippen molar-refractivity contribution in [2.75, 3.05) is 27.2 Å². The Hall–Kier alpha value is -2.86. The maximum absolute atomic E-state index is 5.59. The summed E-state index contributed by atoms with van der Waals surface area (Å²) in [6.07, 6.45) is 6.12. The predicted molar refractivity (Wildman–Crippen MR) is 120 cm³/mol. The van der Waals surface area contributed by atoms with Gasteiger partial charge in [-0.25, -0.2) is 9.50 Å². The van der Waals surface area contributed by atoms with Crippen LogP contribution in [0.1, 0.15) is 49.7 Å². The molecule has 1 unspecified atom stereocenters. The molecule has 0 amide bonds. The molecule has 1 aromatic carbocycles. The lowest BCUT2D eigenvalue weighted by Gasteiger charge is -2.30. The minimum Gasteiger partial charge on any atom is -0.493 e. The zero-order valence-electron chi connectivity index (χ0n) is 18.1. The Morgan fingerprint density at radius 3 is 2.87 bits per heavy atom. The van der Waals surface area contributed by atoms with Gasteiger partial charge >= 0.3 is 0 Å². The Morgan fingerprint density at radius 2 is 2.10 bits per heavy atom. The Balaban J connectivity index is 1.66. The van der Waals surface area contributed by atoms with Gasteiger partial charge in [-0.15, -0.1) is 0 Å². The Kier molecular flexibility index (Phi) is 4.74. The third-order valence-corrected chi connectivity index (χ3v) is 6.39. The van der Waals surface area contributed by atoms with Gasteiger partial charge < -0.3 is 14.6 Å². The molecule has 4 heterocycles. The SMILES string of the molecule is COc1cc(-c2[nH]c3ccc(C4CCCN(C)C4)cc3c2C(C)C)cn2ncnc12. The Morgan fingerprint density at radius 1 is 1.23 bits per heavy atom. The summed E-state index contributed by atoms with van der Waals surface area (Å²) in [6.45, 7) is 6.87. The van der Waals surface area contributed by atoms with Crippen LogP contribution in [0.25, 0.3) is 27.8 Å². The van der Waals surface area contributed by atoms with Crippen molar-refractivity contribution in [2.45, 2.75) is 38.5 Å². The number of pyridine rings is 1. The summed E-state index contributed by atoms with van der Waals surface area (Å²) in [6, 6.07) is 9.02. The number of aromatic nitrogens is 4. The van der Waals surface area contributed by atoms with Gasteiger partial charge in [-0.1, -0.05) is 19.9 Å². The molecule has 0 bridgehead atoms. The van der Waals surface area contributed by atoms with Gasteiger partial charge in [0.2, 0.25) is 0 Å². The van der Waals surface area contributed by atoms with E-state index in [4.69, 9.17) is 4.74 Å². The fraction of sp³-hybridized carbons (Fsp3) is 0.417. The molecule has 30 heavy (non-hydrogen) atoms. The van der Waals surface area contributed by atoms with Crippen molar-refractivity contribution in [3.8, 4) is 17.0 Å². The van der Waals surface area contributed by atoms with E-state index in [0.717, 1.165) is 29.2 Å². The molecule has 1 aliphatic rings. The van der Waals surface area contributed by atoms with Crippen LogP contribution in [-0.2, 0) is 0 Å². The second-order valence-corrected chi connectivity index (χ2v) is 8.80. The highest BCUT2D eigenvalue weighted by Gasteiger charge is 2.22. The van der Waals surface area contributed by atoms with Crippen LogP contribution in [-0.4, -0.2) is 51.7 Å². The number of fused-ring (bicyclic) bond motifs is 2. The number of ether oxygens (including phenoxy) is 1. The molecule has 156 valence electrons. The highest BCUT2D eigenvalue weighted by Crippen LogP contribution is 2.39. The molecule has 6 nitrogen and oxygen atoms in total. The molecule has 1 saturated heterocycles. The van der Waals surface area contributed by atoms with Gasteiger partial charge in [0.25, 0.3) is 0 Å². The highest BCUT2D eigenvalue weighted by molar-refractivity contribution is 5.92. The number of methoxy groups -OCH3 is 1. The maximum Gasteiger partial charge on any atom is 0.197 e. The Labute approximate surface area is 176 Å². The molecule has 3 aromatic heterocycles. The lowest BCUT2D eigenvalue weighted by atomic mass is 9.88. The first-order valence-corrected chi connectivity index (χ1v) is 10.8. The average Bonchev–Trinajstić information content (AvgIpc) is 3.36. The van der Waals surface area contributed by atoms with E-state index >= 15 is 0 Å². The Bertz CT molecular complexity index is 1210. The maximum atomic E-state index is 5.59. The van der Waals surface area contributed by atoms with E-state index in [9.17, 15) is 0 Å². The van der Waals surface area contributed by atoms with E-state index in [1.165, 1.54) is 41.4 Å². The number of nitrogens with one attached hydrogen (secondary N) is 1. The van der Waals surface area contributed by atoms with Crippen molar-refractivity contribution >= 4 is 16.6 Å². The second kappa shape index (κ2) is 7.43. The number of rotatable bonds is 4. The van der Waals surface area contributed by atoms with Crippen LogP contribution in [0.5, 0.6) is 5.75 Å². The number of aromatic amines is 1. The van der Waals surface area contributed by atoms with Gasteiger partial charge in [-0.2, -0.15) is 5.10 Å². The molecular formula is C24H29N5O. The topological polar surface area (TPSA) is 58.5 Å². The van der Waals surface area contributed by atoms with Crippen LogP contribution in [0.15, 0.2) is 36.8 Å². The first kappa shape index (κ1) is 19.1. The summed E-state index contributed by atoms with van der Waals surface area (Å²) in [5.74, 6) is 1.72. The van der Waals surface area contributed by atoms with E-state index in [-0.39, 0.29) is 0 Å². The molecule has 4 aromatic rings. The van der Waals surface area contributed by atoms with Crippen LogP contribution < -0.4 is 4.74 Å². The van der Waals surface area contributed by atoms with Crippen molar-refractivity contribution in [3.05, 3.63) is 47.9 Å². The quantitative estimate of drug-likeness (QED) is 0.531. The van der Waals surface area contributed by atoms with Crippen LogP contribution >= 0.6 is 0 Å². The molecule has 0 radical (unpaired) electrons. The molecule has 0 aliphatic carbocycles. The number of hydrogen-bond acceptors (Lipinski definition) is 4. The van der Waals surface area contributed by atoms with Crippen molar-refractivity contribution < 1.29 is 4.74 Å². The minimum atomic E-state index is 0.385. The van der Waals surface area contributed by atoms with Gasteiger partial charge in [-0.05, 0) is 67.6 Å². The zero-order valence-corrected chi connectivity index (χ0v) is 18.1. The largest absolute Gasteiger partial charge is 0.493 e. The second-order valence-electron chi connectivity index (χ2n) is 8.80. The summed E-state index contributed by atoms with van der Waals surface area (Å²) in [5.41, 5.74) is 6.90. The van der Waals surface area contributed by atoms with Crippen molar-refractivity contribution in [3.63, 3.8) is 0 Å². The number of hydrogen-bond donors (Lipinski definition) is 1. The minimum absolute atomic E-state index is 0.385. The first-order chi connectivity index (χ1) is 14.5. The van der Waals surface area contributed by atoms with Gasteiger partial charge in [0, 0.05) is 29.2 Å². The van der Waals surface area contributed by atoms with Crippen molar-refractivity contribution in [2.24, 2.45) is 0 Å². The average molecular weight is 404 g/mol. The molecule has 1 atom stereocenters. The van der Waals surface area contributed by atoms with E-state index in [2.05, 4.69) is 65.1 Å². The molecule has 1 aliphatic heterocycles. The predicted octanol–water partition coefficient (Wildman–Crippen LogP) is 4.82. The van der Waals surface area contributed by atoms with Crippen LogP contribution in [0.2, 0.25) is 0 Å². The summed E-state index contributed by atoms with van der Waals surface area (Å²) in [5, 5.41) is 5.65. The highest BCUT2D eigenvalue weighted by atomic mass is 16.5. The molecule has 6 heteroatoms. The summed E-state index contributed by atoms with van der Waals surface area (Å²) in [4.78, 5) is 10.4. The molecule has 0 saturated carbocycles. The van der Waals surface area contributed by atoms with Gasteiger partial charge in [0.05, 0.1) is 12.8 Å². The molecule has 1 N–H and O–H groups in total. The monoisotopic (exact) mass is 403 g/mol. The smallest absolute Gasteiger partial charge is 0.197 e. The standard InChI is InChI=1S/C24H29N5O/c1-15(2)22-19-10-16(17-6-5-9-28(3)12-17)7-8-20(19)27-23(22)18-11-21(30-4)24-25-14-26-29(24)13-18/h7-8,10-11,13-15,17,27H,5-6,9,12H2,1-4H3. The number of nitrogens with zero attached hydrogens (tertiary/aromatic N) is 4. The van der Waals surface area contributed by atoms with E-state index in [1.807, 2.05) is 6.20 Å². The molecule has 5 rings (SSSR count). The van der Waals surface area contributed by atoms with Crippen molar-refractivity contribution in [1.29, 1.82) is 0 Å². The number of piperidine rings is 1. The molecule has 0 spiro atoms. The first-order valence-electron chi connectivity index (χ1n) is 10.8. The number of benzene rings is 1. The molecule has 1 fully saturated rings. The van der Waals surface area contributed by atoms with Crippen LogP contribution in [0.3, 0.4) is 0 Å². The van der Waals surface area contributed by atoms with Crippen LogP contribution in [0.4, 0.5) is 0 Å². The summed E-state index contributed by atoms with van der Waals surface area (Å²) < 4.78 is 7.37. The number of likely N-dealkylation sites (N-methyl/N-ethyl adjacent to an activating group) is 1. The van der Waals surface area contributed by atoms with Crippen molar-refractivity contribution in [1.82, 2.24) is 24.5 Å². The lowest BCUT2D eigenvalue weighted by molar-refractivity contribution is 0.251. The normalized spacial score (nSPS) is 18.0. The number of likely N-dealkylation sites (tertiary alicyclic amines) is 1. The van der Waals surface area contributed by atoms with E-state index in [1.54, 1.807) is 18.0 Å². The van der Waals surface area contributed by atoms with Crippen LogP contribution in [0, 0.1) is 0 Å². The summed E-state index contributed by atoms with van der Waals surface area (Å²) in [7, 11) is 3.90. The third-order valence-electron chi connectivity index (χ3n) is 6.39. The number of H-pyrrole nitrogens is 1. The fourth-order valence-corrected chi connectivity index (χ4v) is 4.93. The zero-order chi connectivity index (χ0) is 20.8.